The summed E-state index contributed by atoms with van der Waals surface area (Å²) < 4.78 is 0. The van der Waals surface area contributed by atoms with Crippen LogP contribution in [-0.2, 0) is 4.79 Å². The van der Waals surface area contributed by atoms with Crippen LogP contribution < -0.4 is 51.4 Å². The Kier molecular flexibility index (Phi) is 16.0. The maximum Gasteiger partial charge on any atom is 1.00 e. The largest absolute Gasteiger partial charge is 1.00 e. The number of carboxylic acid groups (broad SMARTS) is 1. The van der Waals surface area contributed by atoms with E-state index in [0.29, 0.717) is 0 Å². The van der Waals surface area contributed by atoms with Gasteiger partial charge in [0.1, 0.15) is 18.3 Å². The van der Waals surface area contributed by atoms with E-state index in [1.807, 2.05) is 0 Å². The summed E-state index contributed by atoms with van der Waals surface area (Å²) in [5.74, 6) is -1.73. The zero-order valence-electron chi connectivity index (χ0n) is 9.32. The number of hydrogen-bond acceptors (Lipinski definition) is 6. The van der Waals surface area contributed by atoms with Crippen molar-refractivity contribution in [3.63, 3.8) is 0 Å². The third-order valence-corrected chi connectivity index (χ3v) is 1.51. The van der Waals surface area contributed by atoms with Crippen LogP contribution >= 0.6 is 0 Å². The molecule has 0 aromatic heterocycles. The molecule has 0 rings (SSSR count). The van der Waals surface area contributed by atoms with E-state index in [1.54, 1.807) is 0 Å². The maximum absolute atomic E-state index is 10.1. The van der Waals surface area contributed by atoms with Gasteiger partial charge in [-0.15, -0.1) is 0 Å². The minimum atomic E-state index is -2.20. The van der Waals surface area contributed by atoms with Gasteiger partial charge >= 0.3 is 83.6 Å². The molecule has 0 aliphatic rings. The molecule has 7 nitrogen and oxygen atoms in total. The molecule has 0 aromatic rings. The Balaban J connectivity index is -0.000000240. The normalized spacial score (nSPS) is 17.7. The molecule has 0 unspecified atom stereocenters. The van der Waals surface area contributed by atoms with Crippen LogP contribution in [0.3, 0.4) is 0 Å². The number of aliphatic carboxylic acids is 1. The van der Waals surface area contributed by atoms with Crippen LogP contribution in [0, 0.1) is 0 Å². The number of aliphatic hydroxyl groups is 5. The molecule has 0 amide bonds. The van der Waals surface area contributed by atoms with E-state index in [1.165, 1.54) is 0 Å². The van der Waals surface area contributed by atoms with E-state index in [9.17, 15) is 4.79 Å². The molecule has 0 bridgehead atoms. The van der Waals surface area contributed by atoms with Crippen molar-refractivity contribution < 1.29 is 88.2 Å². The molecule has 0 spiro atoms. The molecule has 0 radical (unpaired) electrons. The van der Waals surface area contributed by atoms with E-state index in [-0.39, 0.29) is 79.0 Å². The predicted molar refractivity (Wildman–Crippen MR) is 49.8 cm³/mol. The van der Waals surface area contributed by atoms with Crippen molar-refractivity contribution >= 4 is 32.2 Å². The van der Waals surface area contributed by atoms with Gasteiger partial charge in [-0.2, -0.15) is 0 Å². The molecule has 6 N–H and O–H groups in total. The fourth-order valence-electron chi connectivity index (χ4n) is 0.668. The Morgan fingerprint density at radius 2 is 1.53 bits per heavy atom. The van der Waals surface area contributed by atoms with Crippen molar-refractivity contribution in [2.75, 3.05) is 6.61 Å². The summed E-state index contributed by atoms with van der Waals surface area (Å²) in [7, 11) is 0. The van der Waals surface area contributed by atoms with Gasteiger partial charge in [-0.25, -0.2) is 4.79 Å². The second-order valence-corrected chi connectivity index (χ2v) is 2.51. The van der Waals surface area contributed by atoms with Gasteiger partial charge in [0, 0.05) is 0 Å². The SMILES string of the molecule is O=C(O)[C@H](O)[C@@H](O)[C@H](O)[C@H](O)CO.[BiH3].[H-].[K+]. The van der Waals surface area contributed by atoms with Crippen molar-refractivity contribution in [1.82, 2.24) is 0 Å². The molecule has 0 aromatic carbocycles. The molecular formula is C6H16BiKO7. The van der Waals surface area contributed by atoms with E-state index in [0.717, 1.165) is 0 Å². The van der Waals surface area contributed by atoms with Crippen LogP contribution in [0.15, 0.2) is 0 Å². The Hall–Kier alpha value is 1.79. The summed E-state index contributed by atoms with van der Waals surface area (Å²) in [6, 6.07) is 0. The van der Waals surface area contributed by atoms with Gasteiger partial charge < -0.3 is 32.1 Å². The Morgan fingerprint density at radius 1 is 1.13 bits per heavy atom. The first-order valence-corrected chi connectivity index (χ1v) is 3.47. The van der Waals surface area contributed by atoms with Crippen LogP contribution in [-0.4, -0.2) is 93.8 Å². The molecule has 4 atom stereocenters. The summed E-state index contributed by atoms with van der Waals surface area (Å²) in [5.41, 5.74) is 0. The third-order valence-electron chi connectivity index (χ3n) is 1.51. The fourth-order valence-corrected chi connectivity index (χ4v) is 0.668. The van der Waals surface area contributed by atoms with Crippen LogP contribution in [0.5, 0.6) is 0 Å². The average molecular weight is 448 g/mol. The molecule has 0 aliphatic carbocycles. The molecule has 0 heterocycles. The molecule has 15 heavy (non-hydrogen) atoms. The van der Waals surface area contributed by atoms with Gasteiger partial charge in [-0.3, -0.25) is 0 Å². The van der Waals surface area contributed by atoms with Crippen LogP contribution in [0.4, 0.5) is 0 Å². The molecular weight excluding hydrogens is 432 g/mol. The summed E-state index contributed by atoms with van der Waals surface area (Å²) in [6.45, 7) is -0.843. The van der Waals surface area contributed by atoms with Crippen molar-refractivity contribution in [3.05, 3.63) is 0 Å². The number of aliphatic hydroxyl groups excluding tert-OH is 5. The Labute approximate surface area is 149 Å². The zero-order valence-corrected chi connectivity index (χ0v) is 16.9. The van der Waals surface area contributed by atoms with Gasteiger partial charge in [0.25, 0.3) is 0 Å². The van der Waals surface area contributed by atoms with Gasteiger partial charge in [0.2, 0.25) is 0 Å². The number of rotatable bonds is 5. The number of carboxylic acids is 1. The predicted octanol–water partition coefficient (Wildman–Crippen LogP) is -7.56. The summed E-state index contributed by atoms with van der Waals surface area (Å²) in [5, 5.41) is 51.8. The molecule has 0 fully saturated rings. The van der Waals surface area contributed by atoms with Gasteiger partial charge in [0.05, 0.1) is 6.61 Å². The Morgan fingerprint density at radius 3 is 1.80 bits per heavy atom. The Bertz CT molecular complexity index is 186. The molecule has 0 saturated heterocycles. The van der Waals surface area contributed by atoms with E-state index in [2.05, 4.69) is 0 Å². The van der Waals surface area contributed by atoms with Crippen molar-refractivity contribution in [2.45, 2.75) is 24.4 Å². The quantitative estimate of drug-likeness (QED) is 0.230. The van der Waals surface area contributed by atoms with E-state index < -0.39 is 37.0 Å². The van der Waals surface area contributed by atoms with Gasteiger partial charge in [-0.1, -0.05) is 0 Å². The van der Waals surface area contributed by atoms with Crippen molar-refractivity contribution in [2.24, 2.45) is 0 Å². The molecule has 88 valence electrons. The minimum Gasteiger partial charge on any atom is -1.00 e. The maximum atomic E-state index is 10.1. The smallest absolute Gasteiger partial charge is 1.00 e. The second-order valence-electron chi connectivity index (χ2n) is 2.51. The monoisotopic (exact) mass is 448 g/mol. The first-order valence-electron chi connectivity index (χ1n) is 3.47. The van der Waals surface area contributed by atoms with Crippen LogP contribution in [0.25, 0.3) is 0 Å². The first-order chi connectivity index (χ1) is 5.91. The zero-order chi connectivity index (χ0) is 10.6. The van der Waals surface area contributed by atoms with E-state index >= 15 is 0 Å². The number of carbonyl (C=O) groups is 1. The first kappa shape index (κ1) is 22.0. The van der Waals surface area contributed by atoms with Gasteiger partial charge in [0.15, 0.2) is 6.10 Å². The topological polar surface area (TPSA) is 138 Å². The number of hydrogen-bond donors (Lipinski definition) is 6. The van der Waals surface area contributed by atoms with Gasteiger partial charge in [-0.05, 0) is 0 Å². The average Bonchev–Trinajstić information content (AvgIpc) is 2.12. The summed E-state index contributed by atoms with van der Waals surface area (Å²) in [4.78, 5) is 10.1. The second kappa shape index (κ2) is 10.9. The molecule has 0 aliphatic heterocycles. The summed E-state index contributed by atoms with van der Waals surface area (Å²) >= 11 is 0. The van der Waals surface area contributed by atoms with Crippen molar-refractivity contribution in [1.29, 1.82) is 0 Å². The third kappa shape index (κ3) is 7.67. The molecule has 9 heteroatoms. The van der Waals surface area contributed by atoms with Crippen molar-refractivity contribution in [3.8, 4) is 0 Å². The van der Waals surface area contributed by atoms with Crippen LogP contribution in [0.1, 0.15) is 1.43 Å². The molecule has 0 saturated carbocycles. The van der Waals surface area contributed by atoms with E-state index in [4.69, 9.17) is 30.6 Å². The fraction of sp³-hybridized carbons (Fsp3) is 0.833. The summed E-state index contributed by atoms with van der Waals surface area (Å²) in [6.07, 6.45) is -7.84. The minimum absolute atomic E-state index is 0. The standard InChI is InChI=1S/C6H12O7.Bi.K.4H/c7-1-2(8)3(9)4(10)5(11)6(12)13;;;;;;/h2-5,7-11H,1H2,(H,12,13);;;;;;/q;;+1;;;;-1/t2-,3-,4+,5-;;;;;;/m1....../s1. The van der Waals surface area contributed by atoms with Crippen LogP contribution in [0.2, 0.25) is 0 Å².